The zero-order chi connectivity index (χ0) is 21.5. The summed E-state index contributed by atoms with van der Waals surface area (Å²) in [7, 11) is 0. The molecule has 0 unspecified atom stereocenters. The Bertz CT molecular complexity index is 1520. The van der Waals surface area contributed by atoms with Crippen LogP contribution in [-0.4, -0.2) is 15.0 Å². The molecule has 5 heteroatoms. The molecule has 0 aliphatic carbocycles. The normalized spacial score (nSPS) is 11.3. The minimum absolute atomic E-state index is 0.201. The summed E-state index contributed by atoms with van der Waals surface area (Å²) in [6, 6.07) is 30.1. The van der Waals surface area contributed by atoms with Gasteiger partial charge in [0.25, 0.3) is 0 Å². The number of para-hydroxylation sites is 1. The van der Waals surface area contributed by atoms with Gasteiger partial charge in [0.2, 0.25) is 0 Å². The van der Waals surface area contributed by atoms with E-state index in [2.05, 4.69) is 0 Å². The van der Waals surface area contributed by atoms with Gasteiger partial charge in [0.15, 0.2) is 28.9 Å². The van der Waals surface area contributed by atoms with Crippen molar-refractivity contribution in [1.82, 2.24) is 15.0 Å². The van der Waals surface area contributed by atoms with Gasteiger partial charge < -0.3 is 4.42 Å². The molecule has 4 nitrogen and oxygen atoms in total. The quantitative estimate of drug-likeness (QED) is 0.314. The van der Waals surface area contributed by atoms with E-state index in [4.69, 9.17) is 19.4 Å². The van der Waals surface area contributed by atoms with Crippen LogP contribution in [0.3, 0.4) is 0 Å². The van der Waals surface area contributed by atoms with Crippen LogP contribution in [0.2, 0.25) is 0 Å². The average Bonchev–Trinajstić information content (AvgIpc) is 3.26. The van der Waals surface area contributed by atoms with Gasteiger partial charge in [-0.3, -0.25) is 0 Å². The van der Waals surface area contributed by atoms with Gasteiger partial charge in [0, 0.05) is 27.5 Å². The first-order valence-corrected chi connectivity index (χ1v) is 10.2. The molecule has 2 aromatic heterocycles. The van der Waals surface area contributed by atoms with Gasteiger partial charge in [0.1, 0.15) is 5.58 Å². The van der Waals surface area contributed by atoms with E-state index in [-0.39, 0.29) is 5.58 Å². The summed E-state index contributed by atoms with van der Waals surface area (Å²) in [6.45, 7) is 0. The molecule has 152 valence electrons. The number of nitrogens with zero attached hydrogens (tertiary/aromatic N) is 3. The molecule has 6 aromatic rings. The molecule has 4 aromatic carbocycles. The van der Waals surface area contributed by atoms with E-state index in [1.807, 2.05) is 84.9 Å². The number of halogens is 1. The first-order valence-electron chi connectivity index (χ1n) is 10.2. The summed E-state index contributed by atoms with van der Waals surface area (Å²) in [5, 5.41) is 1.48. The monoisotopic (exact) mass is 417 g/mol. The van der Waals surface area contributed by atoms with Gasteiger partial charge in [-0.05, 0) is 18.2 Å². The van der Waals surface area contributed by atoms with Crippen LogP contribution in [0, 0.1) is 5.82 Å². The Morgan fingerprint density at radius 2 is 1.12 bits per heavy atom. The number of hydrogen-bond donors (Lipinski definition) is 0. The number of rotatable bonds is 3. The Hall–Kier alpha value is -4.38. The van der Waals surface area contributed by atoms with Crippen molar-refractivity contribution in [2.75, 3.05) is 0 Å². The fraction of sp³-hybridized carbons (Fsp3) is 0. The first kappa shape index (κ1) is 18.4. The number of fused-ring (bicyclic) bond motifs is 3. The van der Waals surface area contributed by atoms with Crippen molar-refractivity contribution >= 4 is 21.9 Å². The number of furan rings is 1. The van der Waals surface area contributed by atoms with Crippen molar-refractivity contribution in [2.24, 2.45) is 0 Å². The smallest absolute Gasteiger partial charge is 0.171 e. The first-order chi connectivity index (χ1) is 15.8. The highest BCUT2D eigenvalue weighted by atomic mass is 19.1. The lowest BCUT2D eigenvalue weighted by molar-refractivity contribution is 0.584. The van der Waals surface area contributed by atoms with E-state index in [1.54, 1.807) is 6.07 Å². The van der Waals surface area contributed by atoms with Crippen LogP contribution in [0.4, 0.5) is 4.39 Å². The van der Waals surface area contributed by atoms with Gasteiger partial charge in [-0.1, -0.05) is 78.9 Å². The zero-order valence-corrected chi connectivity index (χ0v) is 16.9. The lowest BCUT2D eigenvalue weighted by Crippen LogP contribution is -2.00. The Balaban J connectivity index is 1.67. The van der Waals surface area contributed by atoms with Crippen molar-refractivity contribution in [1.29, 1.82) is 0 Å². The molecular formula is C27H16FN3O. The molecule has 0 atom stereocenters. The Labute approximate surface area is 183 Å². The van der Waals surface area contributed by atoms with E-state index < -0.39 is 5.82 Å². The lowest BCUT2D eigenvalue weighted by Gasteiger charge is -2.09. The van der Waals surface area contributed by atoms with Crippen LogP contribution in [-0.2, 0) is 0 Å². The number of hydrogen-bond acceptors (Lipinski definition) is 4. The van der Waals surface area contributed by atoms with E-state index in [1.165, 1.54) is 6.07 Å². The van der Waals surface area contributed by atoms with Gasteiger partial charge in [-0.15, -0.1) is 0 Å². The fourth-order valence-corrected chi connectivity index (χ4v) is 3.91. The van der Waals surface area contributed by atoms with Gasteiger partial charge >= 0.3 is 0 Å². The largest absolute Gasteiger partial charge is 0.453 e. The highest BCUT2D eigenvalue weighted by molar-refractivity contribution is 6.11. The Kier molecular flexibility index (Phi) is 4.25. The molecule has 2 heterocycles. The zero-order valence-electron chi connectivity index (χ0n) is 16.9. The number of aromatic nitrogens is 3. The topological polar surface area (TPSA) is 51.8 Å². The van der Waals surface area contributed by atoms with Crippen LogP contribution < -0.4 is 0 Å². The highest BCUT2D eigenvalue weighted by Crippen LogP contribution is 2.37. The molecule has 0 aliphatic heterocycles. The van der Waals surface area contributed by atoms with Crippen LogP contribution >= 0.6 is 0 Å². The molecule has 0 aliphatic rings. The van der Waals surface area contributed by atoms with Crippen LogP contribution in [0.1, 0.15) is 0 Å². The predicted octanol–water partition coefficient (Wildman–Crippen LogP) is 6.91. The standard InChI is InChI=1S/C27H16FN3O/c28-21-16-15-20(23-19-13-7-8-14-22(19)32-24(21)23)27-30-25(17-9-3-1-4-10-17)29-26(31-27)18-11-5-2-6-12-18/h1-16H. The van der Waals surface area contributed by atoms with Crippen LogP contribution in [0.25, 0.3) is 56.1 Å². The summed E-state index contributed by atoms with van der Waals surface area (Å²) in [5.74, 6) is 1.16. The molecular weight excluding hydrogens is 401 g/mol. The average molecular weight is 417 g/mol. The SMILES string of the molecule is Fc1ccc(-c2nc(-c3ccccc3)nc(-c3ccccc3)n2)c2c1oc1ccccc12. The summed E-state index contributed by atoms with van der Waals surface area (Å²) in [4.78, 5) is 14.3. The Morgan fingerprint density at radius 1 is 0.562 bits per heavy atom. The fourth-order valence-electron chi connectivity index (χ4n) is 3.91. The van der Waals surface area contributed by atoms with E-state index in [0.717, 1.165) is 16.5 Å². The molecule has 0 radical (unpaired) electrons. The van der Waals surface area contributed by atoms with Crippen LogP contribution in [0.15, 0.2) is 101 Å². The second kappa shape index (κ2) is 7.39. The predicted molar refractivity (Wildman–Crippen MR) is 123 cm³/mol. The van der Waals surface area contributed by atoms with Gasteiger partial charge in [-0.2, -0.15) is 0 Å². The molecule has 0 N–H and O–H groups in total. The summed E-state index contributed by atoms with van der Waals surface area (Å²) >= 11 is 0. The number of benzene rings is 4. The molecule has 0 amide bonds. The third-order valence-corrected chi connectivity index (χ3v) is 5.42. The molecule has 0 saturated heterocycles. The molecule has 0 fully saturated rings. The molecule has 6 rings (SSSR count). The second-order valence-corrected chi connectivity index (χ2v) is 7.44. The minimum Gasteiger partial charge on any atom is -0.453 e. The maximum atomic E-state index is 14.7. The third-order valence-electron chi connectivity index (χ3n) is 5.42. The van der Waals surface area contributed by atoms with Crippen molar-refractivity contribution in [3.8, 4) is 34.2 Å². The lowest BCUT2D eigenvalue weighted by atomic mass is 10.0. The summed E-state index contributed by atoms with van der Waals surface area (Å²) in [5.41, 5.74) is 3.27. The maximum absolute atomic E-state index is 14.7. The van der Waals surface area contributed by atoms with Crippen LogP contribution in [0.5, 0.6) is 0 Å². The summed E-state index contributed by atoms with van der Waals surface area (Å²) < 4.78 is 20.5. The second-order valence-electron chi connectivity index (χ2n) is 7.44. The van der Waals surface area contributed by atoms with E-state index in [9.17, 15) is 4.39 Å². The molecule has 0 spiro atoms. The summed E-state index contributed by atoms with van der Waals surface area (Å²) in [6.07, 6.45) is 0. The van der Waals surface area contributed by atoms with E-state index in [0.29, 0.717) is 34.0 Å². The molecule has 0 bridgehead atoms. The third kappa shape index (κ3) is 3.03. The van der Waals surface area contributed by atoms with Crippen molar-refractivity contribution < 1.29 is 8.81 Å². The maximum Gasteiger partial charge on any atom is 0.171 e. The van der Waals surface area contributed by atoms with Gasteiger partial charge in [-0.25, -0.2) is 19.3 Å². The highest BCUT2D eigenvalue weighted by Gasteiger charge is 2.19. The minimum atomic E-state index is -0.416. The van der Waals surface area contributed by atoms with Gasteiger partial charge in [0.05, 0.1) is 0 Å². The van der Waals surface area contributed by atoms with E-state index >= 15 is 0 Å². The molecule has 0 saturated carbocycles. The van der Waals surface area contributed by atoms with Crippen molar-refractivity contribution in [3.05, 3.63) is 103 Å². The van der Waals surface area contributed by atoms with Crippen molar-refractivity contribution in [3.63, 3.8) is 0 Å². The molecule has 32 heavy (non-hydrogen) atoms. The Morgan fingerprint density at radius 3 is 1.78 bits per heavy atom. The van der Waals surface area contributed by atoms with Crippen molar-refractivity contribution in [2.45, 2.75) is 0 Å².